The fraction of sp³-hybridized carbons (Fsp3) is 0.462. The molecule has 0 spiro atoms. The van der Waals surface area contributed by atoms with E-state index in [-0.39, 0.29) is 30.7 Å². The van der Waals surface area contributed by atoms with Crippen molar-refractivity contribution in [1.82, 2.24) is 15.2 Å². The van der Waals surface area contributed by atoms with Gasteiger partial charge < -0.3 is 20.4 Å². The number of amides is 2. The second-order valence-corrected chi connectivity index (χ2v) is 4.78. The summed E-state index contributed by atoms with van der Waals surface area (Å²) in [6, 6.07) is 2.62. The molecule has 108 valence electrons. The van der Waals surface area contributed by atoms with Gasteiger partial charge in [0, 0.05) is 31.8 Å². The number of nitrogens with zero attached hydrogens (tertiary/aromatic N) is 2. The Morgan fingerprint density at radius 1 is 1.50 bits per heavy atom. The molecule has 7 heteroatoms. The first-order valence-electron chi connectivity index (χ1n) is 6.42. The average molecular weight is 279 g/mol. The van der Waals surface area contributed by atoms with E-state index in [9.17, 15) is 9.59 Å². The largest absolute Gasteiger partial charge is 0.478 e. The van der Waals surface area contributed by atoms with Crippen molar-refractivity contribution < 1.29 is 19.8 Å². The number of carbonyl (C=O) groups is 2. The molecule has 0 bridgehead atoms. The maximum atomic E-state index is 11.9. The summed E-state index contributed by atoms with van der Waals surface area (Å²) >= 11 is 0. The molecule has 0 aromatic carbocycles. The predicted molar refractivity (Wildman–Crippen MR) is 70.2 cm³/mol. The van der Waals surface area contributed by atoms with Crippen LogP contribution in [0.4, 0.5) is 4.79 Å². The van der Waals surface area contributed by atoms with Crippen LogP contribution in [0.3, 0.4) is 0 Å². The first-order chi connectivity index (χ1) is 9.60. The molecule has 2 rings (SSSR count). The summed E-state index contributed by atoms with van der Waals surface area (Å²) in [4.78, 5) is 28.4. The van der Waals surface area contributed by atoms with Gasteiger partial charge in [0.1, 0.15) is 0 Å². The van der Waals surface area contributed by atoms with Crippen LogP contribution < -0.4 is 5.32 Å². The smallest absolute Gasteiger partial charge is 0.335 e. The monoisotopic (exact) mass is 279 g/mol. The van der Waals surface area contributed by atoms with Gasteiger partial charge in [0.05, 0.1) is 17.8 Å². The van der Waals surface area contributed by atoms with Crippen LogP contribution in [0.1, 0.15) is 22.5 Å². The van der Waals surface area contributed by atoms with Gasteiger partial charge in [-0.15, -0.1) is 0 Å². The Balaban J connectivity index is 1.87. The lowest BCUT2D eigenvalue weighted by Crippen LogP contribution is -2.38. The van der Waals surface area contributed by atoms with Gasteiger partial charge in [-0.1, -0.05) is 0 Å². The van der Waals surface area contributed by atoms with Crippen LogP contribution in [0.5, 0.6) is 0 Å². The van der Waals surface area contributed by atoms with E-state index in [2.05, 4.69) is 10.3 Å². The van der Waals surface area contributed by atoms with E-state index in [4.69, 9.17) is 10.2 Å². The number of carboxylic acid groups (broad SMARTS) is 1. The minimum atomic E-state index is -1.02. The highest BCUT2D eigenvalue weighted by Crippen LogP contribution is 2.15. The fourth-order valence-corrected chi connectivity index (χ4v) is 2.15. The molecule has 1 aliphatic rings. The average Bonchev–Trinajstić information content (AvgIpc) is 2.94. The number of aromatic nitrogens is 1. The summed E-state index contributed by atoms with van der Waals surface area (Å²) in [5.41, 5.74) is 0.641. The van der Waals surface area contributed by atoms with Crippen molar-refractivity contribution >= 4 is 12.0 Å². The zero-order valence-corrected chi connectivity index (χ0v) is 11.0. The van der Waals surface area contributed by atoms with Gasteiger partial charge in [-0.05, 0) is 18.6 Å². The number of aliphatic hydroxyl groups excluding tert-OH is 1. The Morgan fingerprint density at radius 3 is 2.95 bits per heavy atom. The Labute approximate surface area is 116 Å². The lowest BCUT2D eigenvalue weighted by Gasteiger charge is -2.16. The highest BCUT2D eigenvalue weighted by molar-refractivity contribution is 5.87. The summed E-state index contributed by atoms with van der Waals surface area (Å²) in [6.45, 7) is 1.44. The van der Waals surface area contributed by atoms with Crippen LogP contribution in [0.25, 0.3) is 0 Å². The highest BCUT2D eigenvalue weighted by atomic mass is 16.4. The van der Waals surface area contributed by atoms with Crippen molar-refractivity contribution in [3.8, 4) is 0 Å². The zero-order valence-electron chi connectivity index (χ0n) is 11.0. The van der Waals surface area contributed by atoms with Gasteiger partial charge >= 0.3 is 12.0 Å². The van der Waals surface area contributed by atoms with E-state index >= 15 is 0 Å². The molecule has 7 nitrogen and oxygen atoms in total. The van der Waals surface area contributed by atoms with Gasteiger partial charge in [0.2, 0.25) is 0 Å². The number of hydrogen-bond acceptors (Lipinski definition) is 4. The van der Waals surface area contributed by atoms with Crippen molar-refractivity contribution in [2.24, 2.45) is 5.92 Å². The maximum absolute atomic E-state index is 11.9. The number of pyridine rings is 1. The first-order valence-corrected chi connectivity index (χ1v) is 6.42. The SMILES string of the molecule is O=C(O)c1ccnc(CNC(=O)N2CCC(CO)C2)c1. The number of nitrogens with one attached hydrogen (secondary N) is 1. The van der Waals surface area contributed by atoms with Crippen molar-refractivity contribution in [2.75, 3.05) is 19.7 Å². The predicted octanol–water partition coefficient (Wildman–Crippen LogP) is 0.304. The molecule has 1 saturated heterocycles. The van der Waals surface area contributed by atoms with Crippen molar-refractivity contribution in [2.45, 2.75) is 13.0 Å². The number of carbonyl (C=O) groups excluding carboxylic acids is 1. The Bertz CT molecular complexity index is 506. The molecule has 1 aromatic rings. The molecular weight excluding hydrogens is 262 g/mol. The Kier molecular flexibility index (Phi) is 4.52. The van der Waals surface area contributed by atoms with Crippen LogP contribution in [0, 0.1) is 5.92 Å². The number of likely N-dealkylation sites (tertiary alicyclic amines) is 1. The lowest BCUT2D eigenvalue weighted by atomic mass is 10.1. The molecule has 1 aliphatic heterocycles. The van der Waals surface area contributed by atoms with E-state index in [0.29, 0.717) is 18.8 Å². The number of hydrogen-bond donors (Lipinski definition) is 3. The fourth-order valence-electron chi connectivity index (χ4n) is 2.15. The molecular formula is C13H17N3O4. The highest BCUT2D eigenvalue weighted by Gasteiger charge is 2.25. The van der Waals surface area contributed by atoms with Crippen LogP contribution in [0.2, 0.25) is 0 Å². The van der Waals surface area contributed by atoms with Gasteiger partial charge in [-0.2, -0.15) is 0 Å². The molecule has 0 radical (unpaired) electrons. The van der Waals surface area contributed by atoms with Crippen LogP contribution >= 0.6 is 0 Å². The summed E-state index contributed by atoms with van der Waals surface area (Å²) < 4.78 is 0. The van der Waals surface area contributed by atoms with E-state index in [1.54, 1.807) is 4.90 Å². The molecule has 1 atom stereocenters. The Hall–Kier alpha value is -2.15. The minimum absolute atomic E-state index is 0.0893. The number of carboxylic acids is 1. The molecule has 1 unspecified atom stereocenters. The van der Waals surface area contributed by atoms with Gasteiger partial charge in [-0.25, -0.2) is 9.59 Å². The number of rotatable bonds is 4. The summed E-state index contributed by atoms with van der Waals surface area (Å²) in [5.74, 6) is -0.875. The number of aromatic carboxylic acids is 1. The normalized spacial score (nSPS) is 18.1. The molecule has 2 amide bonds. The standard InChI is InChI=1S/C13H17N3O4/c17-8-9-2-4-16(7-9)13(20)15-6-11-5-10(12(18)19)1-3-14-11/h1,3,5,9,17H,2,4,6-8H2,(H,15,20)(H,18,19). The second-order valence-electron chi connectivity index (χ2n) is 4.78. The second kappa shape index (κ2) is 6.33. The van der Waals surface area contributed by atoms with Crippen molar-refractivity contribution in [3.63, 3.8) is 0 Å². The van der Waals surface area contributed by atoms with Crippen LogP contribution in [-0.2, 0) is 6.54 Å². The third-order valence-corrected chi connectivity index (χ3v) is 3.32. The summed E-state index contributed by atoms with van der Waals surface area (Å²) in [6.07, 6.45) is 2.21. The third kappa shape index (κ3) is 3.45. The minimum Gasteiger partial charge on any atom is -0.478 e. The van der Waals surface area contributed by atoms with Crippen molar-refractivity contribution in [3.05, 3.63) is 29.6 Å². The summed E-state index contributed by atoms with van der Waals surface area (Å²) in [7, 11) is 0. The molecule has 1 fully saturated rings. The third-order valence-electron chi connectivity index (χ3n) is 3.32. The Morgan fingerprint density at radius 2 is 2.30 bits per heavy atom. The van der Waals surface area contributed by atoms with Gasteiger partial charge in [-0.3, -0.25) is 4.98 Å². The van der Waals surface area contributed by atoms with Crippen LogP contribution in [-0.4, -0.2) is 51.8 Å². The van der Waals surface area contributed by atoms with Crippen molar-refractivity contribution in [1.29, 1.82) is 0 Å². The topological polar surface area (TPSA) is 103 Å². The van der Waals surface area contributed by atoms with E-state index in [1.165, 1.54) is 18.3 Å². The number of aliphatic hydroxyl groups is 1. The van der Waals surface area contributed by atoms with Crippen LogP contribution in [0.15, 0.2) is 18.3 Å². The quantitative estimate of drug-likeness (QED) is 0.735. The molecule has 2 heterocycles. The summed E-state index contributed by atoms with van der Waals surface area (Å²) in [5, 5.41) is 20.6. The lowest BCUT2D eigenvalue weighted by molar-refractivity contribution is 0.0696. The molecule has 20 heavy (non-hydrogen) atoms. The molecule has 0 saturated carbocycles. The zero-order chi connectivity index (χ0) is 14.5. The first kappa shape index (κ1) is 14.3. The van der Waals surface area contributed by atoms with E-state index < -0.39 is 5.97 Å². The van der Waals surface area contributed by atoms with E-state index in [0.717, 1.165) is 6.42 Å². The van der Waals surface area contributed by atoms with Gasteiger partial charge in [0.15, 0.2) is 0 Å². The van der Waals surface area contributed by atoms with E-state index in [1.807, 2.05) is 0 Å². The molecule has 0 aliphatic carbocycles. The molecule has 3 N–H and O–H groups in total. The van der Waals surface area contributed by atoms with Gasteiger partial charge in [0.25, 0.3) is 0 Å². The number of urea groups is 1. The molecule has 1 aromatic heterocycles. The maximum Gasteiger partial charge on any atom is 0.335 e.